The van der Waals surface area contributed by atoms with Crippen molar-refractivity contribution in [2.75, 3.05) is 7.11 Å². The van der Waals surface area contributed by atoms with Crippen LogP contribution in [0.3, 0.4) is 0 Å². The Morgan fingerprint density at radius 3 is 1.53 bits per heavy atom. The van der Waals surface area contributed by atoms with Crippen LogP contribution in [0.5, 0.6) is 11.5 Å². The third kappa shape index (κ3) is 3.59. The van der Waals surface area contributed by atoms with Crippen molar-refractivity contribution in [1.82, 2.24) is 0 Å². The highest BCUT2D eigenvalue weighted by atomic mass is 28.4. The van der Waals surface area contributed by atoms with Crippen LogP contribution in [-0.4, -0.2) is 15.9 Å². The van der Waals surface area contributed by atoms with E-state index in [1.54, 1.807) is 7.11 Å². The lowest BCUT2D eigenvalue weighted by atomic mass is 10.3. The molecular formula is C15H18O3Si. The quantitative estimate of drug-likeness (QED) is 0.751. The van der Waals surface area contributed by atoms with Gasteiger partial charge in [-0.15, -0.1) is 0 Å². The first-order chi connectivity index (χ1) is 9.28. The SMILES string of the molecule is CC[Si](OC)(Oc1ccccc1)Oc1ccccc1. The molecule has 0 aliphatic rings. The van der Waals surface area contributed by atoms with Crippen molar-refractivity contribution in [3.63, 3.8) is 0 Å². The predicted octanol–water partition coefficient (Wildman–Crippen LogP) is 3.75. The second-order valence-electron chi connectivity index (χ2n) is 4.07. The van der Waals surface area contributed by atoms with Crippen molar-refractivity contribution < 1.29 is 13.3 Å². The first-order valence-electron chi connectivity index (χ1n) is 6.31. The van der Waals surface area contributed by atoms with Gasteiger partial charge in [0, 0.05) is 13.2 Å². The zero-order chi connectivity index (χ0) is 13.6. The lowest BCUT2D eigenvalue weighted by Crippen LogP contribution is -2.50. The summed E-state index contributed by atoms with van der Waals surface area (Å²) in [4.78, 5) is 0. The number of para-hydroxylation sites is 2. The maximum Gasteiger partial charge on any atom is 0.631 e. The van der Waals surface area contributed by atoms with Gasteiger partial charge in [-0.3, -0.25) is 0 Å². The molecule has 0 amide bonds. The van der Waals surface area contributed by atoms with E-state index >= 15 is 0 Å². The molecule has 0 radical (unpaired) electrons. The Morgan fingerprint density at radius 2 is 1.21 bits per heavy atom. The Kier molecular flexibility index (Phi) is 4.60. The van der Waals surface area contributed by atoms with E-state index in [-0.39, 0.29) is 0 Å². The van der Waals surface area contributed by atoms with Crippen LogP contribution >= 0.6 is 0 Å². The average molecular weight is 274 g/mol. The minimum absolute atomic E-state index is 0.702. The summed E-state index contributed by atoms with van der Waals surface area (Å²) in [5, 5.41) is 0. The third-order valence-corrected chi connectivity index (χ3v) is 5.36. The molecule has 0 fully saturated rings. The zero-order valence-corrected chi connectivity index (χ0v) is 12.2. The van der Waals surface area contributed by atoms with E-state index in [0.717, 1.165) is 11.5 Å². The maximum atomic E-state index is 6.00. The molecule has 0 aliphatic carbocycles. The number of hydrogen-bond donors (Lipinski definition) is 0. The molecule has 4 heteroatoms. The van der Waals surface area contributed by atoms with Gasteiger partial charge in [0.1, 0.15) is 11.5 Å². The summed E-state index contributed by atoms with van der Waals surface area (Å²) in [6.45, 7) is 2.02. The molecule has 0 unspecified atom stereocenters. The highest BCUT2D eigenvalue weighted by Gasteiger charge is 2.43. The van der Waals surface area contributed by atoms with Crippen LogP contribution < -0.4 is 8.85 Å². The lowest BCUT2D eigenvalue weighted by Gasteiger charge is -2.27. The van der Waals surface area contributed by atoms with E-state index in [2.05, 4.69) is 0 Å². The van der Waals surface area contributed by atoms with E-state index in [1.165, 1.54) is 0 Å². The van der Waals surface area contributed by atoms with Crippen molar-refractivity contribution in [2.45, 2.75) is 13.0 Å². The Balaban J connectivity index is 2.18. The van der Waals surface area contributed by atoms with Crippen molar-refractivity contribution in [1.29, 1.82) is 0 Å². The van der Waals surface area contributed by atoms with Gasteiger partial charge in [-0.25, -0.2) is 0 Å². The molecule has 0 spiro atoms. The molecule has 3 nitrogen and oxygen atoms in total. The van der Waals surface area contributed by atoms with Gasteiger partial charge >= 0.3 is 8.80 Å². The summed E-state index contributed by atoms with van der Waals surface area (Å²) in [5.74, 6) is 1.54. The van der Waals surface area contributed by atoms with Crippen molar-refractivity contribution in [3.8, 4) is 11.5 Å². The molecule has 2 rings (SSSR count). The molecule has 0 saturated heterocycles. The van der Waals surface area contributed by atoms with Gasteiger partial charge < -0.3 is 13.3 Å². The molecule has 0 N–H and O–H groups in total. The van der Waals surface area contributed by atoms with Crippen LogP contribution in [0.4, 0.5) is 0 Å². The highest BCUT2D eigenvalue weighted by Crippen LogP contribution is 2.23. The van der Waals surface area contributed by atoms with Gasteiger partial charge in [0.2, 0.25) is 0 Å². The van der Waals surface area contributed by atoms with Crippen LogP contribution in [0, 0.1) is 0 Å². The summed E-state index contributed by atoms with van der Waals surface area (Å²) in [7, 11) is -1.08. The second kappa shape index (κ2) is 6.40. The van der Waals surface area contributed by atoms with Crippen molar-refractivity contribution in [2.24, 2.45) is 0 Å². The maximum absolute atomic E-state index is 6.00. The molecule has 0 aromatic heterocycles. The van der Waals surface area contributed by atoms with Crippen LogP contribution in [-0.2, 0) is 4.43 Å². The van der Waals surface area contributed by atoms with Gasteiger partial charge in [-0.2, -0.15) is 0 Å². The molecule has 19 heavy (non-hydrogen) atoms. The predicted molar refractivity (Wildman–Crippen MR) is 77.4 cm³/mol. The van der Waals surface area contributed by atoms with Gasteiger partial charge in [0.15, 0.2) is 0 Å². The largest absolute Gasteiger partial charge is 0.631 e. The Hall–Kier alpha value is -1.78. The second-order valence-corrected chi connectivity index (χ2v) is 6.96. The topological polar surface area (TPSA) is 27.7 Å². The lowest BCUT2D eigenvalue weighted by molar-refractivity contribution is 0.206. The van der Waals surface area contributed by atoms with Crippen LogP contribution in [0.2, 0.25) is 6.04 Å². The number of hydrogen-bond acceptors (Lipinski definition) is 3. The molecular weight excluding hydrogens is 256 g/mol. The third-order valence-electron chi connectivity index (χ3n) is 2.78. The molecule has 0 aliphatic heterocycles. The minimum atomic E-state index is -2.73. The zero-order valence-electron chi connectivity index (χ0n) is 11.2. The first-order valence-corrected chi connectivity index (χ1v) is 8.24. The standard InChI is InChI=1S/C15H18O3Si/c1-3-19(16-2,17-14-10-6-4-7-11-14)18-15-12-8-5-9-13-15/h4-13H,3H2,1-2H3. The van der Waals surface area contributed by atoms with E-state index in [9.17, 15) is 0 Å². The van der Waals surface area contributed by atoms with Gasteiger partial charge in [0.25, 0.3) is 0 Å². The Bertz CT molecular complexity index is 440. The van der Waals surface area contributed by atoms with Crippen LogP contribution in [0.15, 0.2) is 60.7 Å². The fourth-order valence-electron chi connectivity index (χ4n) is 1.73. The minimum Gasteiger partial charge on any atom is -0.492 e. The summed E-state index contributed by atoms with van der Waals surface area (Å²) in [5.41, 5.74) is 0. The van der Waals surface area contributed by atoms with Crippen molar-refractivity contribution >= 4 is 8.80 Å². The fourth-order valence-corrected chi connectivity index (χ4v) is 3.51. The summed E-state index contributed by atoms with van der Waals surface area (Å²) in [6.07, 6.45) is 0. The van der Waals surface area contributed by atoms with E-state index < -0.39 is 8.80 Å². The molecule has 0 atom stereocenters. The molecule has 0 bridgehead atoms. The average Bonchev–Trinajstić information content (AvgIpc) is 2.48. The summed E-state index contributed by atoms with van der Waals surface area (Å²) in [6, 6.07) is 20.0. The summed E-state index contributed by atoms with van der Waals surface area (Å²) >= 11 is 0. The number of rotatable bonds is 6. The molecule has 2 aromatic carbocycles. The molecule has 2 aromatic rings. The van der Waals surface area contributed by atoms with Gasteiger partial charge in [-0.1, -0.05) is 43.3 Å². The monoisotopic (exact) mass is 274 g/mol. The van der Waals surface area contributed by atoms with E-state index in [1.807, 2.05) is 67.6 Å². The smallest absolute Gasteiger partial charge is 0.492 e. The van der Waals surface area contributed by atoms with Gasteiger partial charge in [-0.05, 0) is 24.3 Å². The fraction of sp³-hybridized carbons (Fsp3) is 0.200. The van der Waals surface area contributed by atoms with Crippen molar-refractivity contribution in [3.05, 3.63) is 60.7 Å². The Morgan fingerprint density at radius 1 is 0.789 bits per heavy atom. The van der Waals surface area contributed by atoms with Crippen LogP contribution in [0.25, 0.3) is 0 Å². The van der Waals surface area contributed by atoms with E-state index in [4.69, 9.17) is 13.3 Å². The summed E-state index contributed by atoms with van der Waals surface area (Å²) < 4.78 is 17.6. The normalized spacial score (nSPS) is 11.1. The Labute approximate surface area is 115 Å². The van der Waals surface area contributed by atoms with Crippen LogP contribution in [0.1, 0.15) is 6.92 Å². The highest BCUT2D eigenvalue weighted by molar-refractivity contribution is 6.62. The molecule has 100 valence electrons. The first kappa shape index (κ1) is 13.6. The number of benzene rings is 2. The molecule has 0 saturated carbocycles. The molecule has 0 heterocycles. The van der Waals surface area contributed by atoms with Gasteiger partial charge in [0.05, 0.1) is 0 Å². The van der Waals surface area contributed by atoms with E-state index in [0.29, 0.717) is 6.04 Å².